The molecule has 0 aromatic carbocycles. The van der Waals surface area contributed by atoms with Gasteiger partial charge in [-0.3, -0.25) is 4.68 Å². The molecule has 0 saturated carbocycles. The summed E-state index contributed by atoms with van der Waals surface area (Å²) in [6.45, 7) is 6.03. The van der Waals surface area contributed by atoms with E-state index in [4.69, 9.17) is 17.3 Å². The van der Waals surface area contributed by atoms with Crippen molar-refractivity contribution >= 4 is 11.6 Å². The highest BCUT2D eigenvalue weighted by atomic mass is 35.5. The Kier molecular flexibility index (Phi) is 2.68. The van der Waals surface area contributed by atoms with Crippen molar-refractivity contribution in [2.75, 3.05) is 0 Å². The molecule has 0 saturated heterocycles. The third-order valence-electron chi connectivity index (χ3n) is 2.46. The number of hydrogen-bond acceptors (Lipinski definition) is 2. The molecule has 0 aliphatic heterocycles. The van der Waals surface area contributed by atoms with Crippen LogP contribution in [-0.2, 0) is 7.05 Å². The monoisotopic (exact) mass is 201 g/mol. The molecule has 0 radical (unpaired) electrons. The minimum Gasteiger partial charge on any atom is -0.325 e. The third kappa shape index (κ3) is 2.03. The maximum absolute atomic E-state index is 6.01. The molecule has 13 heavy (non-hydrogen) atoms. The minimum atomic E-state index is -0.280. The van der Waals surface area contributed by atoms with Gasteiger partial charge in [0, 0.05) is 18.5 Å². The van der Waals surface area contributed by atoms with E-state index in [1.807, 2.05) is 20.9 Å². The molecule has 74 valence electrons. The Hall–Kier alpha value is -0.540. The number of nitrogens with zero attached hydrogens (tertiary/aromatic N) is 2. The molecule has 1 aromatic heterocycles. The SMILES string of the molecule is CC(c1c(Cl)cnn1C)C(C)(C)N. The smallest absolute Gasteiger partial charge is 0.0821 e. The van der Waals surface area contributed by atoms with Crippen molar-refractivity contribution in [2.24, 2.45) is 12.8 Å². The van der Waals surface area contributed by atoms with E-state index < -0.39 is 0 Å². The summed E-state index contributed by atoms with van der Waals surface area (Å²) >= 11 is 6.01. The van der Waals surface area contributed by atoms with E-state index >= 15 is 0 Å². The first-order valence-electron chi connectivity index (χ1n) is 4.30. The second kappa shape index (κ2) is 3.31. The van der Waals surface area contributed by atoms with Gasteiger partial charge in [-0.25, -0.2) is 0 Å². The van der Waals surface area contributed by atoms with Crippen LogP contribution in [0.25, 0.3) is 0 Å². The molecular formula is C9H16ClN3. The Labute approximate surface area is 83.9 Å². The van der Waals surface area contributed by atoms with Gasteiger partial charge in [0.1, 0.15) is 0 Å². The molecule has 0 fully saturated rings. The lowest BCUT2D eigenvalue weighted by atomic mass is 9.87. The molecule has 0 spiro atoms. The van der Waals surface area contributed by atoms with Crippen molar-refractivity contribution in [1.82, 2.24) is 9.78 Å². The number of hydrogen-bond donors (Lipinski definition) is 1. The van der Waals surface area contributed by atoms with Gasteiger partial charge in [-0.05, 0) is 13.8 Å². The van der Waals surface area contributed by atoms with Gasteiger partial charge < -0.3 is 5.73 Å². The number of nitrogens with two attached hydrogens (primary N) is 1. The van der Waals surface area contributed by atoms with Gasteiger partial charge in [0.2, 0.25) is 0 Å². The molecule has 0 amide bonds. The average molecular weight is 202 g/mol. The summed E-state index contributed by atoms with van der Waals surface area (Å²) in [6, 6.07) is 0. The largest absolute Gasteiger partial charge is 0.325 e. The minimum absolute atomic E-state index is 0.188. The topological polar surface area (TPSA) is 43.8 Å². The zero-order chi connectivity index (χ0) is 10.2. The first kappa shape index (κ1) is 10.5. The molecule has 1 heterocycles. The Balaban J connectivity index is 3.08. The lowest BCUT2D eigenvalue weighted by molar-refractivity contribution is 0.415. The molecule has 1 unspecified atom stereocenters. The normalized spacial score (nSPS) is 14.6. The maximum Gasteiger partial charge on any atom is 0.0821 e. The van der Waals surface area contributed by atoms with Crippen LogP contribution in [-0.4, -0.2) is 15.3 Å². The number of halogens is 1. The van der Waals surface area contributed by atoms with Gasteiger partial charge in [0.05, 0.1) is 16.9 Å². The van der Waals surface area contributed by atoms with Crippen LogP contribution in [0.4, 0.5) is 0 Å². The van der Waals surface area contributed by atoms with Crippen LogP contribution >= 0.6 is 11.6 Å². The highest BCUT2D eigenvalue weighted by Crippen LogP contribution is 2.30. The van der Waals surface area contributed by atoms with Gasteiger partial charge in [-0.15, -0.1) is 0 Å². The molecule has 0 bridgehead atoms. The number of rotatable bonds is 2. The predicted octanol–water partition coefficient (Wildman–Crippen LogP) is 1.91. The second-order valence-electron chi connectivity index (χ2n) is 4.04. The highest BCUT2D eigenvalue weighted by Gasteiger charge is 2.26. The Bertz CT molecular complexity index is 279. The van der Waals surface area contributed by atoms with Crippen LogP contribution in [0.5, 0.6) is 0 Å². The van der Waals surface area contributed by atoms with Crippen molar-refractivity contribution in [1.29, 1.82) is 0 Å². The number of aromatic nitrogens is 2. The van der Waals surface area contributed by atoms with Crippen LogP contribution in [0.2, 0.25) is 5.02 Å². The molecule has 2 N–H and O–H groups in total. The molecule has 3 nitrogen and oxygen atoms in total. The summed E-state index contributed by atoms with van der Waals surface area (Å²) in [5.41, 5.74) is 6.72. The zero-order valence-corrected chi connectivity index (χ0v) is 9.26. The van der Waals surface area contributed by atoms with Crippen molar-refractivity contribution in [2.45, 2.75) is 32.2 Å². The molecule has 0 aliphatic carbocycles. The van der Waals surface area contributed by atoms with Crippen LogP contribution in [0.3, 0.4) is 0 Å². The van der Waals surface area contributed by atoms with Crippen molar-refractivity contribution in [3.05, 3.63) is 16.9 Å². The highest BCUT2D eigenvalue weighted by molar-refractivity contribution is 6.31. The summed E-state index contributed by atoms with van der Waals surface area (Å²) in [5, 5.41) is 4.77. The van der Waals surface area contributed by atoms with Gasteiger partial charge in [0.25, 0.3) is 0 Å². The standard InChI is InChI=1S/C9H16ClN3/c1-6(9(2,3)11)8-7(10)5-12-13(8)4/h5-6H,11H2,1-4H3. The summed E-state index contributed by atoms with van der Waals surface area (Å²) < 4.78 is 1.78. The first-order valence-corrected chi connectivity index (χ1v) is 4.68. The summed E-state index contributed by atoms with van der Waals surface area (Å²) in [5.74, 6) is 0.188. The van der Waals surface area contributed by atoms with E-state index in [9.17, 15) is 0 Å². The molecule has 4 heteroatoms. The van der Waals surface area contributed by atoms with E-state index in [1.165, 1.54) is 0 Å². The fourth-order valence-corrected chi connectivity index (χ4v) is 1.59. The summed E-state index contributed by atoms with van der Waals surface area (Å²) in [4.78, 5) is 0. The average Bonchev–Trinajstić information content (AvgIpc) is 2.28. The van der Waals surface area contributed by atoms with E-state index in [2.05, 4.69) is 12.0 Å². The van der Waals surface area contributed by atoms with Gasteiger partial charge >= 0.3 is 0 Å². The van der Waals surface area contributed by atoms with E-state index in [1.54, 1.807) is 10.9 Å². The lowest BCUT2D eigenvalue weighted by Crippen LogP contribution is -2.38. The Morgan fingerprint density at radius 1 is 1.62 bits per heavy atom. The molecule has 1 rings (SSSR count). The molecule has 0 aliphatic rings. The summed E-state index contributed by atoms with van der Waals surface area (Å²) in [6.07, 6.45) is 1.65. The molecule has 1 aromatic rings. The van der Waals surface area contributed by atoms with Gasteiger partial charge in [-0.2, -0.15) is 5.10 Å². The quantitative estimate of drug-likeness (QED) is 0.795. The van der Waals surface area contributed by atoms with Gasteiger partial charge in [0.15, 0.2) is 0 Å². The fraction of sp³-hybridized carbons (Fsp3) is 0.667. The Morgan fingerprint density at radius 2 is 2.15 bits per heavy atom. The third-order valence-corrected chi connectivity index (χ3v) is 2.76. The molecular weight excluding hydrogens is 186 g/mol. The Morgan fingerprint density at radius 3 is 2.46 bits per heavy atom. The van der Waals surface area contributed by atoms with Crippen molar-refractivity contribution < 1.29 is 0 Å². The van der Waals surface area contributed by atoms with Crippen LogP contribution in [0, 0.1) is 0 Å². The van der Waals surface area contributed by atoms with E-state index in [-0.39, 0.29) is 11.5 Å². The van der Waals surface area contributed by atoms with E-state index in [0.29, 0.717) is 5.02 Å². The van der Waals surface area contributed by atoms with Gasteiger partial charge in [-0.1, -0.05) is 18.5 Å². The zero-order valence-electron chi connectivity index (χ0n) is 8.50. The second-order valence-corrected chi connectivity index (χ2v) is 4.45. The summed E-state index contributed by atoms with van der Waals surface area (Å²) in [7, 11) is 1.88. The van der Waals surface area contributed by atoms with Crippen molar-refractivity contribution in [3.63, 3.8) is 0 Å². The predicted molar refractivity (Wildman–Crippen MR) is 54.9 cm³/mol. The lowest BCUT2D eigenvalue weighted by Gasteiger charge is -2.27. The number of aryl methyl sites for hydroxylation is 1. The molecule has 1 atom stereocenters. The van der Waals surface area contributed by atoms with E-state index in [0.717, 1.165) is 5.69 Å². The van der Waals surface area contributed by atoms with Crippen LogP contribution in [0.1, 0.15) is 32.4 Å². The van der Waals surface area contributed by atoms with Crippen LogP contribution < -0.4 is 5.73 Å². The fourth-order valence-electron chi connectivity index (χ4n) is 1.26. The maximum atomic E-state index is 6.01. The first-order chi connectivity index (χ1) is 5.84. The van der Waals surface area contributed by atoms with Crippen molar-refractivity contribution in [3.8, 4) is 0 Å². The van der Waals surface area contributed by atoms with Crippen LogP contribution in [0.15, 0.2) is 6.20 Å².